The van der Waals surface area contributed by atoms with Crippen LogP contribution in [0.1, 0.15) is 0 Å². The topological polar surface area (TPSA) is 128 Å². The molecule has 0 aromatic carbocycles. The fourth-order valence-corrected chi connectivity index (χ4v) is 0.318. The van der Waals surface area contributed by atoms with Crippen LogP contribution >= 0.6 is 0 Å². The molecular formula is H2N4O5S. The van der Waals surface area contributed by atoms with E-state index in [1.165, 1.54) is 4.58 Å². The molecule has 0 aromatic heterocycles. The van der Waals surface area contributed by atoms with Crippen LogP contribution in [-0.4, -0.2) is 18.2 Å². The van der Waals surface area contributed by atoms with E-state index in [-0.39, 0.29) is 0 Å². The van der Waals surface area contributed by atoms with E-state index in [1.54, 1.807) is 5.29 Å². The lowest BCUT2D eigenvalue weighted by molar-refractivity contribution is -0.0444. The lowest BCUT2D eigenvalue weighted by atomic mass is 12.5. The second-order valence-corrected chi connectivity index (χ2v) is 2.38. The van der Waals surface area contributed by atoms with Gasteiger partial charge in [-0.3, -0.25) is 5.21 Å². The molecule has 10 heavy (non-hydrogen) atoms. The Bertz CT molecular complexity index is 216. The maximum Gasteiger partial charge on any atom is 0.398 e. The molecule has 58 valence electrons. The zero-order chi connectivity index (χ0) is 8.20. The van der Waals surface area contributed by atoms with Crippen molar-refractivity contribution >= 4 is 10.2 Å². The molecule has 0 aliphatic carbocycles. The molecule has 0 rings (SSSR count). The number of nitrogens with zero attached hydrogens (tertiary/aromatic N) is 3. The molecule has 0 bridgehead atoms. The van der Waals surface area contributed by atoms with E-state index in [1.807, 2.05) is 0 Å². The van der Waals surface area contributed by atoms with Gasteiger partial charge in [-0.1, -0.05) is 0 Å². The van der Waals surface area contributed by atoms with Crippen LogP contribution in [0.3, 0.4) is 0 Å². The average Bonchev–Trinajstić information content (AvgIpc) is 1.89. The molecule has 0 radical (unpaired) electrons. The Morgan fingerprint density at radius 2 is 1.90 bits per heavy atom. The Labute approximate surface area is 54.7 Å². The molecule has 10 heteroatoms. The predicted octanol–water partition coefficient (Wildman–Crippen LogP) is -1.13. The van der Waals surface area contributed by atoms with E-state index in [0.29, 0.717) is 0 Å². The summed E-state index contributed by atoms with van der Waals surface area (Å²) in [6.07, 6.45) is 0. The van der Waals surface area contributed by atoms with Crippen molar-refractivity contribution in [1.82, 2.24) is 10.1 Å². The molecule has 0 saturated heterocycles. The fourth-order valence-electron chi connectivity index (χ4n) is 0.118. The van der Waals surface area contributed by atoms with Gasteiger partial charge < -0.3 is 0 Å². The van der Waals surface area contributed by atoms with Crippen LogP contribution in [0.25, 0.3) is 0 Å². The number of nitrogens with one attached hydrogen (secondary N) is 1. The lowest BCUT2D eigenvalue weighted by Crippen LogP contribution is -2.34. The first-order chi connectivity index (χ1) is 4.54. The van der Waals surface area contributed by atoms with Crippen molar-refractivity contribution in [3.8, 4) is 0 Å². The van der Waals surface area contributed by atoms with Crippen molar-refractivity contribution in [2.75, 3.05) is 0 Å². The zero-order valence-electron chi connectivity index (χ0n) is 4.33. The standard InChI is InChI=1S/H2N4O5S/c5-2-1-4(7)10(8,9)3-6/h7H,(H,1,5). The van der Waals surface area contributed by atoms with Crippen LogP contribution in [0.15, 0.2) is 9.87 Å². The fraction of sp³-hybridized carbons (Fsp3) is 0. The number of hydrazine groups is 1. The van der Waals surface area contributed by atoms with E-state index in [0.717, 1.165) is 5.53 Å². The molecule has 0 fully saturated rings. The minimum atomic E-state index is -4.71. The maximum atomic E-state index is 10.0. The highest BCUT2D eigenvalue weighted by molar-refractivity contribution is 7.87. The van der Waals surface area contributed by atoms with E-state index < -0.39 is 14.8 Å². The number of hydrogen-bond acceptors (Lipinski definition) is 6. The van der Waals surface area contributed by atoms with Gasteiger partial charge in [-0.25, -0.2) is 0 Å². The summed E-state index contributed by atoms with van der Waals surface area (Å²) >= 11 is 0. The van der Waals surface area contributed by atoms with Gasteiger partial charge in [-0.05, 0) is 0 Å². The van der Waals surface area contributed by atoms with Crippen molar-refractivity contribution in [2.45, 2.75) is 0 Å². The van der Waals surface area contributed by atoms with Crippen LogP contribution in [0.4, 0.5) is 0 Å². The number of rotatable bonds is 4. The summed E-state index contributed by atoms with van der Waals surface area (Å²) in [6.45, 7) is 0. The SMILES string of the molecule is O=NNN(O)S(=O)(=O)N=O. The van der Waals surface area contributed by atoms with E-state index in [2.05, 4.69) is 0 Å². The second-order valence-electron chi connectivity index (χ2n) is 0.987. The molecule has 0 atom stereocenters. The summed E-state index contributed by atoms with van der Waals surface area (Å²) in [7, 11) is -4.71. The molecule has 2 N–H and O–H groups in total. The molecule has 0 aliphatic heterocycles. The van der Waals surface area contributed by atoms with Gasteiger partial charge in [0, 0.05) is 0 Å². The van der Waals surface area contributed by atoms with Crippen molar-refractivity contribution in [3.05, 3.63) is 9.81 Å². The molecule has 0 amide bonds. The van der Waals surface area contributed by atoms with Gasteiger partial charge in [0.25, 0.3) is 0 Å². The van der Waals surface area contributed by atoms with Crippen LogP contribution in [0.2, 0.25) is 0 Å². The highest BCUT2D eigenvalue weighted by Crippen LogP contribution is 1.92. The summed E-state index contributed by atoms with van der Waals surface area (Å²) in [5.41, 5.74) is 1.01. The smallest absolute Gasteiger partial charge is 0.278 e. The lowest BCUT2D eigenvalue weighted by Gasteiger charge is -2.02. The summed E-state index contributed by atoms with van der Waals surface area (Å²) in [5, 5.41) is 9.87. The molecule has 0 saturated carbocycles. The Kier molecular flexibility index (Phi) is 2.79. The van der Waals surface area contributed by atoms with Gasteiger partial charge >= 0.3 is 10.2 Å². The van der Waals surface area contributed by atoms with Gasteiger partial charge in [-0.15, -0.1) is 9.81 Å². The van der Waals surface area contributed by atoms with Crippen molar-refractivity contribution < 1.29 is 13.6 Å². The van der Waals surface area contributed by atoms with Gasteiger partial charge in [0.05, 0.1) is 14.4 Å². The van der Waals surface area contributed by atoms with Crippen molar-refractivity contribution in [3.63, 3.8) is 0 Å². The third-order valence-corrected chi connectivity index (χ3v) is 1.15. The minimum Gasteiger partial charge on any atom is -0.278 e. The summed E-state index contributed by atoms with van der Waals surface area (Å²) in [4.78, 5) is 18.5. The first-order valence-corrected chi connectivity index (χ1v) is 3.11. The summed E-state index contributed by atoms with van der Waals surface area (Å²) in [5.74, 6) is 0. The van der Waals surface area contributed by atoms with E-state index >= 15 is 0 Å². The molecule has 0 heterocycles. The average molecular weight is 170 g/mol. The van der Waals surface area contributed by atoms with Crippen LogP contribution in [0, 0.1) is 9.81 Å². The predicted molar refractivity (Wildman–Crippen MR) is 27.3 cm³/mol. The molecule has 0 aromatic rings. The van der Waals surface area contributed by atoms with Gasteiger partial charge in [-0.2, -0.15) is 14.0 Å². The van der Waals surface area contributed by atoms with Crippen molar-refractivity contribution in [1.29, 1.82) is 0 Å². The highest BCUT2D eigenvalue weighted by Gasteiger charge is 2.19. The third kappa shape index (κ3) is 2.00. The molecule has 9 nitrogen and oxygen atoms in total. The van der Waals surface area contributed by atoms with Crippen LogP contribution in [0.5, 0.6) is 0 Å². The van der Waals surface area contributed by atoms with Gasteiger partial charge in [0.1, 0.15) is 0 Å². The van der Waals surface area contributed by atoms with Crippen molar-refractivity contribution in [2.24, 2.45) is 9.87 Å². The highest BCUT2D eigenvalue weighted by atomic mass is 32.2. The second kappa shape index (κ2) is 3.14. The Hall–Kier alpha value is -1.13. The number of nitroso groups, excluding NO2 is 2. The maximum absolute atomic E-state index is 10.0. The first-order valence-electron chi connectivity index (χ1n) is 1.71. The van der Waals surface area contributed by atoms with Crippen LogP contribution < -0.4 is 5.53 Å². The molecule has 0 unspecified atom stereocenters. The summed E-state index contributed by atoms with van der Waals surface area (Å²) in [6, 6.07) is 0. The van der Waals surface area contributed by atoms with E-state index in [4.69, 9.17) is 5.21 Å². The number of hydrogen-bond donors (Lipinski definition) is 2. The third-order valence-electron chi connectivity index (χ3n) is 0.439. The Morgan fingerprint density at radius 1 is 1.40 bits per heavy atom. The van der Waals surface area contributed by atoms with Gasteiger partial charge in [0.2, 0.25) is 0 Å². The Morgan fingerprint density at radius 3 is 2.20 bits per heavy atom. The quantitative estimate of drug-likeness (QED) is 0.406. The monoisotopic (exact) mass is 170 g/mol. The minimum absolute atomic E-state index is 0.812. The van der Waals surface area contributed by atoms with E-state index in [9.17, 15) is 18.2 Å². The first kappa shape index (κ1) is 8.87. The Balaban J connectivity index is 4.33. The zero-order valence-corrected chi connectivity index (χ0v) is 5.15. The molecule has 0 spiro atoms. The normalized spacial score (nSPS) is 11.0. The summed E-state index contributed by atoms with van der Waals surface area (Å²) < 4.78 is 20.7. The van der Waals surface area contributed by atoms with Crippen LogP contribution in [-0.2, 0) is 10.2 Å². The molecular weight excluding hydrogens is 168 g/mol. The largest absolute Gasteiger partial charge is 0.398 e. The van der Waals surface area contributed by atoms with Gasteiger partial charge in [0.15, 0.2) is 0 Å². The molecule has 0 aliphatic rings.